The first kappa shape index (κ1) is 12.4. The molecular formula is C14H17N3O. The topological polar surface area (TPSA) is 61.0 Å². The molecule has 1 aromatic carbocycles. The zero-order chi connectivity index (χ0) is 13.3. The van der Waals surface area contributed by atoms with Crippen LogP contribution in [0.2, 0.25) is 0 Å². The number of aromatic nitrogens is 2. The molecule has 0 fully saturated rings. The lowest BCUT2D eigenvalue weighted by Crippen LogP contribution is -2.00. The van der Waals surface area contributed by atoms with Crippen molar-refractivity contribution in [2.75, 3.05) is 12.8 Å². The van der Waals surface area contributed by atoms with Gasteiger partial charge in [0.1, 0.15) is 17.9 Å². The van der Waals surface area contributed by atoms with Crippen molar-refractivity contribution in [2.45, 2.75) is 20.8 Å². The van der Waals surface area contributed by atoms with E-state index in [-0.39, 0.29) is 0 Å². The molecule has 0 aliphatic heterocycles. The van der Waals surface area contributed by atoms with Gasteiger partial charge in [0.25, 0.3) is 0 Å². The molecule has 0 aliphatic carbocycles. The molecule has 0 bridgehead atoms. The van der Waals surface area contributed by atoms with Crippen molar-refractivity contribution >= 4 is 5.82 Å². The normalized spacial score (nSPS) is 10.4. The number of aryl methyl sites for hydroxylation is 2. The second-order valence-corrected chi connectivity index (χ2v) is 4.37. The lowest BCUT2D eigenvalue weighted by molar-refractivity contribution is 0.411. The Morgan fingerprint density at radius 2 is 1.78 bits per heavy atom. The van der Waals surface area contributed by atoms with Crippen molar-refractivity contribution in [1.82, 2.24) is 9.97 Å². The summed E-state index contributed by atoms with van der Waals surface area (Å²) in [6.07, 6.45) is 1.50. The van der Waals surface area contributed by atoms with Gasteiger partial charge in [0, 0.05) is 11.1 Å². The van der Waals surface area contributed by atoms with Crippen molar-refractivity contribution < 1.29 is 4.74 Å². The monoisotopic (exact) mass is 243 g/mol. The predicted molar refractivity (Wildman–Crippen MR) is 72.6 cm³/mol. The zero-order valence-electron chi connectivity index (χ0n) is 11.1. The Kier molecular flexibility index (Phi) is 3.19. The molecule has 2 aromatic rings. The molecule has 94 valence electrons. The number of hydrogen-bond donors (Lipinski definition) is 1. The van der Waals surface area contributed by atoms with Crippen LogP contribution in [0.4, 0.5) is 5.82 Å². The molecule has 2 rings (SSSR count). The molecule has 0 atom stereocenters. The Morgan fingerprint density at radius 3 is 2.44 bits per heavy atom. The molecule has 4 nitrogen and oxygen atoms in total. The van der Waals surface area contributed by atoms with E-state index >= 15 is 0 Å². The second kappa shape index (κ2) is 4.64. The summed E-state index contributed by atoms with van der Waals surface area (Å²) in [4.78, 5) is 8.33. The van der Waals surface area contributed by atoms with E-state index < -0.39 is 0 Å². The highest BCUT2D eigenvalue weighted by Gasteiger charge is 2.12. The maximum Gasteiger partial charge on any atom is 0.130 e. The lowest BCUT2D eigenvalue weighted by atomic mass is 9.99. The van der Waals surface area contributed by atoms with Crippen LogP contribution in [0.3, 0.4) is 0 Å². The highest BCUT2D eigenvalue weighted by Crippen LogP contribution is 2.31. The fourth-order valence-corrected chi connectivity index (χ4v) is 2.00. The summed E-state index contributed by atoms with van der Waals surface area (Å²) in [6.45, 7) is 5.99. The van der Waals surface area contributed by atoms with Gasteiger partial charge in [0.05, 0.1) is 12.8 Å². The summed E-state index contributed by atoms with van der Waals surface area (Å²) < 4.78 is 5.31. The van der Waals surface area contributed by atoms with E-state index in [1.54, 1.807) is 7.11 Å². The van der Waals surface area contributed by atoms with Crippen molar-refractivity contribution in [2.24, 2.45) is 0 Å². The largest absolute Gasteiger partial charge is 0.496 e. The Labute approximate surface area is 107 Å². The smallest absolute Gasteiger partial charge is 0.130 e. The van der Waals surface area contributed by atoms with Crippen LogP contribution in [0, 0.1) is 20.8 Å². The number of hydrogen-bond acceptors (Lipinski definition) is 4. The third-order valence-corrected chi connectivity index (χ3v) is 3.12. The highest BCUT2D eigenvalue weighted by molar-refractivity contribution is 5.71. The van der Waals surface area contributed by atoms with Crippen LogP contribution < -0.4 is 10.5 Å². The maximum absolute atomic E-state index is 5.83. The van der Waals surface area contributed by atoms with E-state index in [2.05, 4.69) is 16.0 Å². The van der Waals surface area contributed by atoms with Crippen LogP contribution in [0.25, 0.3) is 11.3 Å². The third kappa shape index (κ3) is 2.01. The zero-order valence-corrected chi connectivity index (χ0v) is 11.1. The maximum atomic E-state index is 5.83. The van der Waals surface area contributed by atoms with Crippen molar-refractivity contribution in [3.8, 4) is 17.0 Å². The van der Waals surface area contributed by atoms with Crippen LogP contribution in [0.15, 0.2) is 18.5 Å². The number of ether oxygens (including phenoxy) is 1. The van der Waals surface area contributed by atoms with Crippen LogP contribution in [0.1, 0.15) is 16.7 Å². The Bertz CT molecular complexity index is 594. The van der Waals surface area contributed by atoms with Crippen LogP contribution in [-0.4, -0.2) is 17.1 Å². The van der Waals surface area contributed by atoms with Gasteiger partial charge in [-0.15, -0.1) is 0 Å². The van der Waals surface area contributed by atoms with Gasteiger partial charge in [-0.2, -0.15) is 0 Å². The van der Waals surface area contributed by atoms with Gasteiger partial charge in [-0.3, -0.25) is 0 Å². The SMILES string of the molecule is COc1cc(C)c(-c2ncnc(N)c2C)cc1C. The van der Waals surface area contributed by atoms with E-state index in [0.29, 0.717) is 5.82 Å². The van der Waals surface area contributed by atoms with Crippen molar-refractivity contribution in [3.63, 3.8) is 0 Å². The molecule has 1 aromatic heterocycles. The molecular weight excluding hydrogens is 226 g/mol. The minimum absolute atomic E-state index is 0.521. The quantitative estimate of drug-likeness (QED) is 0.880. The van der Waals surface area contributed by atoms with E-state index in [1.165, 1.54) is 6.33 Å². The van der Waals surface area contributed by atoms with E-state index in [0.717, 1.165) is 33.7 Å². The van der Waals surface area contributed by atoms with Crippen molar-refractivity contribution in [3.05, 3.63) is 35.2 Å². The molecule has 0 saturated heterocycles. The van der Waals surface area contributed by atoms with Crippen LogP contribution >= 0.6 is 0 Å². The molecule has 0 amide bonds. The summed E-state index contributed by atoms with van der Waals surface area (Å²) in [5, 5.41) is 0. The summed E-state index contributed by atoms with van der Waals surface area (Å²) in [6, 6.07) is 4.09. The fourth-order valence-electron chi connectivity index (χ4n) is 2.00. The van der Waals surface area contributed by atoms with Gasteiger partial charge in [0.15, 0.2) is 0 Å². The number of nitrogens with zero attached hydrogens (tertiary/aromatic N) is 2. The van der Waals surface area contributed by atoms with Crippen molar-refractivity contribution in [1.29, 1.82) is 0 Å². The molecule has 1 heterocycles. The molecule has 0 spiro atoms. The Balaban J connectivity index is 2.64. The average molecular weight is 243 g/mol. The van der Waals surface area contributed by atoms with E-state index in [4.69, 9.17) is 10.5 Å². The van der Waals surface area contributed by atoms with E-state index in [9.17, 15) is 0 Å². The first-order valence-electron chi connectivity index (χ1n) is 5.77. The second-order valence-electron chi connectivity index (χ2n) is 4.37. The van der Waals surface area contributed by atoms with Crippen LogP contribution in [0.5, 0.6) is 5.75 Å². The van der Waals surface area contributed by atoms with Gasteiger partial charge < -0.3 is 10.5 Å². The van der Waals surface area contributed by atoms with Gasteiger partial charge >= 0.3 is 0 Å². The minimum atomic E-state index is 0.521. The predicted octanol–water partition coefficient (Wildman–Crippen LogP) is 2.66. The molecule has 18 heavy (non-hydrogen) atoms. The summed E-state index contributed by atoms with van der Waals surface area (Å²) in [5.41, 5.74) is 10.9. The molecule has 4 heteroatoms. The van der Waals surface area contributed by atoms with Crippen LogP contribution in [-0.2, 0) is 0 Å². The Hall–Kier alpha value is -2.10. The fraction of sp³-hybridized carbons (Fsp3) is 0.286. The molecule has 0 radical (unpaired) electrons. The average Bonchev–Trinajstić information content (AvgIpc) is 2.35. The van der Waals surface area contributed by atoms with Gasteiger partial charge in [-0.05, 0) is 44.0 Å². The third-order valence-electron chi connectivity index (χ3n) is 3.12. The number of methoxy groups -OCH3 is 1. The summed E-state index contributed by atoms with van der Waals surface area (Å²) >= 11 is 0. The van der Waals surface area contributed by atoms with Gasteiger partial charge in [-0.1, -0.05) is 0 Å². The molecule has 2 N–H and O–H groups in total. The summed E-state index contributed by atoms with van der Waals surface area (Å²) in [5.74, 6) is 1.41. The first-order valence-corrected chi connectivity index (χ1v) is 5.77. The standard InChI is InChI=1S/C14H17N3O/c1-8-6-12(18-4)9(2)5-11(8)13-10(3)14(15)17-7-16-13/h5-7H,1-4H3,(H2,15,16,17). The minimum Gasteiger partial charge on any atom is -0.496 e. The van der Waals surface area contributed by atoms with Gasteiger partial charge in [-0.25, -0.2) is 9.97 Å². The number of nitrogens with two attached hydrogens (primary N) is 1. The highest BCUT2D eigenvalue weighted by atomic mass is 16.5. The number of benzene rings is 1. The number of nitrogen functional groups attached to an aromatic ring is 1. The lowest BCUT2D eigenvalue weighted by Gasteiger charge is -2.13. The molecule has 0 unspecified atom stereocenters. The number of rotatable bonds is 2. The molecule has 0 aliphatic rings. The Morgan fingerprint density at radius 1 is 1.06 bits per heavy atom. The summed E-state index contributed by atoms with van der Waals surface area (Å²) in [7, 11) is 1.68. The number of anilines is 1. The first-order chi connectivity index (χ1) is 8.54. The van der Waals surface area contributed by atoms with E-state index in [1.807, 2.05) is 26.8 Å². The molecule has 0 saturated carbocycles. The van der Waals surface area contributed by atoms with Gasteiger partial charge in [0.2, 0.25) is 0 Å².